The highest BCUT2D eigenvalue weighted by Crippen LogP contribution is 2.39. The average Bonchev–Trinajstić information content (AvgIpc) is 3.19. The van der Waals surface area contributed by atoms with E-state index in [2.05, 4.69) is 12.2 Å². The summed E-state index contributed by atoms with van der Waals surface area (Å²) in [5.41, 5.74) is 1.22. The van der Waals surface area contributed by atoms with Crippen molar-refractivity contribution in [1.29, 1.82) is 0 Å². The highest BCUT2D eigenvalue weighted by atomic mass is 16.6. The topological polar surface area (TPSA) is 64.4 Å². The highest BCUT2D eigenvalue weighted by molar-refractivity contribution is 5.34. The first-order valence-corrected chi connectivity index (χ1v) is 7.27. The maximum absolute atomic E-state index is 10.7. The molecule has 0 amide bonds. The first-order chi connectivity index (χ1) is 9.65. The normalized spacial score (nSPS) is 27.4. The molecule has 1 aliphatic carbocycles. The molecule has 1 aromatic rings. The molecule has 3 rings (SSSR count). The molecular formula is C15H20N2O3. The summed E-state index contributed by atoms with van der Waals surface area (Å²) in [6.45, 7) is 2.94. The molecule has 0 bridgehead atoms. The number of nitro benzene ring substituents is 1. The molecule has 108 valence electrons. The van der Waals surface area contributed by atoms with Crippen LogP contribution < -0.4 is 5.32 Å². The SMILES string of the molecule is CC(NC1CCOC1C1CC1)c1ccc([N+](=O)[O-])cc1. The van der Waals surface area contributed by atoms with Gasteiger partial charge < -0.3 is 10.1 Å². The number of ether oxygens (including phenoxy) is 1. The van der Waals surface area contributed by atoms with E-state index in [4.69, 9.17) is 4.74 Å². The van der Waals surface area contributed by atoms with Crippen LogP contribution in [0.15, 0.2) is 24.3 Å². The molecular weight excluding hydrogens is 256 g/mol. The van der Waals surface area contributed by atoms with Crippen LogP contribution in [0.4, 0.5) is 5.69 Å². The molecule has 0 spiro atoms. The van der Waals surface area contributed by atoms with E-state index in [1.165, 1.54) is 12.8 Å². The fourth-order valence-electron chi connectivity index (χ4n) is 2.98. The Morgan fingerprint density at radius 3 is 2.60 bits per heavy atom. The Morgan fingerprint density at radius 2 is 2.00 bits per heavy atom. The minimum absolute atomic E-state index is 0.140. The number of benzene rings is 1. The predicted octanol–water partition coefficient (Wildman–Crippen LogP) is 2.81. The number of hydrogen-bond acceptors (Lipinski definition) is 4. The van der Waals surface area contributed by atoms with E-state index in [-0.39, 0.29) is 16.7 Å². The van der Waals surface area contributed by atoms with Crippen molar-refractivity contribution < 1.29 is 9.66 Å². The van der Waals surface area contributed by atoms with Crippen LogP contribution in [0, 0.1) is 16.0 Å². The zero-order valence-corrected chi connectivity index (χ0v) is 11.6. The third kappa shape index (κ3) is 2.83. The van der Waals surface area contributed by atoms with E-state index in [1.807, 2.05) is 12.1 Å². The van der Waals surface area contributed by atoms with Gasteiger partial charge in [0, 0.05) is 30.8 Å². The molecule has 2 aliphatic rings. The Balaban J connectivity index is 1.63. The van der Waals surface area contributed by atoms with Crippen LogP contribution >= 0.6 is 0 Å². The van der Waals surface area contributed by atoms with Gasteiger partial charge >= 0.3 is 0 Å². The Bertz CT molecular complexity index is 484. The van der Waals surface area contributed by atoms with Crippen molar-refractivity contribution in [2.45, 2.75) is 44.4 Å². The van der Waals surface area contributed by atoms with Crippen molar-refractivity contribution in [3.63, 3.8) is 0 Å². The van der Waals surface area contributed by atoms with Crippen molar-refractivity contribution in [3.8, 4) is 0 Å². The van der Waals surface area contributed by atoms with Crippen LogP contribution in [-0.4, -0.2) is 23.7 Å². The van der Waals surface area contributed by atoms with Gasteiger partial charge in [-0.25, -0.2) is 0 Å². The summed E-state index contributed by atoms with van der Waals surface area (Å²) in [5, 5.41) is 14.3. The van der Waals surface area contributed by atoms with E-state index < -0.39 is 0 Å². The van der Waals surface area contributed by atoms with Gasteiger partial charge in [-0.2, -0.15) is 0 Å². The van der Waals surface area contributed by atoms with E-state index in [0.29, 0.717) is 12.1 Å². The van der Waals surface area contributed by atoms with Gasteiger partial charge in [0.05, 0.1) is 11.0 Å². The molecule has 0 aromatic heterocycles. The van der Waals surface area contributed by atoms with Gasteiger partial charge in [0.2, 0.25) is 0 Å². The van der Waals surface area contributed by atoms with Crippen LogP contribution in [0.25, 0.3) is 0 Å². The monoisotopic (exact) mass is 276 g/mol. The van der Waals surface area contributed by atoms with E-state index >= 15 is 0 Å². The molecule has 1 saturated carbocycles. The Hall–Kier alpha value is -1.46. The predicted molar refractivity (Wildman–Crippen MR) is 75.5 cm³/mol. The van der Waals surface area contributed by atoms with Gasteiger partial charge in [0.15, 0.2) is 0 Å². The maximum atomic E-state index is 10.7. The van der Waals surface area contributed by atoms with E-state index in [0.717, 1.165) is 24.5 Å². The second kappa shape index (κ2) is 5.50. The highest BCUT2D eigenvalue weighted by Gasteiger charge is 2.40. The van der Waals surface area contributed by atoms with E-state index in [1.54, 1.807) is 12.1 Å². The van der Waals surface area contributed by atoms with Crippen molar-refractivity contribution in [2.75, 3.05) is 6.61 Å². The molecule has 3 unspecified atom stereocenters. The van der Waals surface area contributed by atoms with Crippen molar-refractivity contribution in [2.24, 2.45) is 5.92 Å². The average molecular weight is 276 g/mol. The van der Waals surface area contributed by atoms with Crippen LogP contribution in [0.3, 0.4) is 0 Å². The van der Waals surface area contributed by atoms with Crippen LogP contribution in [-0.2, 0) is 4.74 Å². The quantitative estimate of drug-likeness (QED) is 0.663. The summed E-state index contributed by atoms with van der Waals surface area (Å²) in [7, 11) is 0. The smallest absolute Gasteiger partial charge is 0.269 e. The standard InChI is InChI=1S/C15H20N2O3/c1-10(11-4-6-13(7-5-11)17(18)19)16-14-8-9-20-15(14)12-2-3-12/h4-7,10,12,14-16H,2-3,8-9H2,1H3. The summed E-state index contributed by atoms with van der Waals surface area (Å²) in [4.78, 5) is 10.3. The second-order valence-corrected chi connectivity index (χ2v) is 5.81. The lowest BCUT2D eigenvalue weighted by molar-refractivity contribution is -0.384. The van der Waals surface area contributed by atoms with Gasteiger partial charge in [-0.15, -0.1) is 0 Å². The number of non-ortho nitro benzene ring substituents is 1. The van der Waals surface area contributed by atoms with Gasteiger partial charge in [0.1, 0.15) is 0 Å². The molecule has 1 N–H and O–H groups in total. The summed E-state index contributed by atoms with van der Waals surface area (Å²) in [6, 6.07) is 7.39. The molecule has 1 heterocycles. The molecule has 2 fully saturated rings. The van der Waals surface area contributed by atoms with Crippen molar-refractivity contribution in [3.05, 3.63) is 39.9 Å². The third-order valence-electron chi connectivity index (χ3n) is 4.29. The molecule has 20 heavy (non-hydrogen) atoms. The summed E-state index contributed by atoms with van der Waals surface area (Å²) in [6.07, 6.45) is 3.98. The fourth-order valence-corrected chi connectivity index (χ4v) is 2.98. The molecule has 1 aliphatic heterocycles. The lowest BCUT2D eigenvalue weighted by Gasteiger charge is -2.24. The van der Waals surface area contributed by atoms with Gasteiger partial charge in [-0.05, 0) is 37.7 Å². The minimum atomic E-state index is -0.365. The molecule has 1 saturated heterocycles. The molecule has 0 radical (unpaired) electrons. The van der Waals surface area contributed by atoms with Crippen LogP contribution in [0.1, 0.15) is 37.8 Å². The molecule has 3 atom stereocenters. The third-order valence-corrected chi connectivity index (χ3v) is 4.29. The molecule has 5 heteroatoms. The summed E-state index contributed by atoms with van der Waals surface area (Å²) < 4.78 is 5.83. The van der Waals surface area contributed by atoms with Crippen LogP contribution in [0.5, 0.6) is 0 Å². The van der Waals surface area contributed by atoms with Crippen molar-refractivity contribution in [1.82, 2.24) is 5.32 Å². The van der Waals surface area contributed by atoms with Crippen molar-refractivity contribution >= 4 is 5.69 Å². The fraction of sp³-hybridized carbons (Fsp3) is 0.600. The van der Waals surface area contributed by atoms with Gasteiger partial charge in [-0.1, -0.05) is 12.1 Å². The molecule has 1 aromatic carbocycles. The zero-order chi connectivity index (χ0) is 14.1. The van der Waals surface area contributed by atoms with E-state index in [9.17, 15) is 10.1 Å². The Morgan fingerprint density at radius 1 is 1.30 bits per heavy atom. The first kappa shape index (κ1) is 13.5. The van der Waals surface area contributed by atoms with Gasteiger partial charge in [-0.3, -0.25) is 10.1 Å². The second-order valence-electron chi connectivity index (χ2n) is 5.81. The number of nitrogens with zero attached hydrogens (tertiary/aromatic N) is 1. The summed E-state index contributed by atoms with van der Waals surface area (Å²) in [5.74, 6) is 0.735. The largest absolute Gasteiger partial charge is 0.376 e. The lowest BCUT2D eigenvalue weighted by Crippen LogP contribution is -2.39. The minimum Gasteiger partial charge on any atom is -0.376 e. The van der Waals surface area contributed by atoms with Crippen LogP contribution in [0.2, 0.25) is 0 Å². The van der Waals surface area contributed by atoms with Gasteiger partial charge in [0.25, 0.3) is 5.69 Å². The first-order valence-electron chi connectivity index (χ1n) is 7.27. The maximum Gasteiger partial charge on any atom is 0.269 e. The number of nitrogens with one attached hydrogen (secondary N) is 1. The zero-order valence-electron chi connectivity index (χ0n) is 11.6. The summed E-state index contributed by atoms with van der Waals surface area (Å²) >= 11 is 0. The lowest BCUT2D eigenvalue weighted by atomic mass is 10.0. The Kier molecular flexibility index (Phi) is 3.72. The number of nitro groups is 1. The molecule has 5 nitrogen and oxygen atoms in total. The number of hydrogen-bond donors (Lipinski definition) is 1. The number of rotatable bonds is 5. The Labute approximate surface area is 118 Å².